The summed E-state index contributed by atoms with van der Waals surface area (Å²) in [5.74, 6) is -1.51. The van der Waals surface area contributed by atoms with E-state index in [9.17, 15) is 8.78 Å². The lowest BCUT2D eigenvalue weighted by atomic mass is 10.2. The van der Waals surface area contributed by atoms with E-state index >= 15 is 0 Å². The van der Waals surface area contributed by atoms with E-state index in [4.69, 9.17) is 10.5 Å². The molecule has 6 heteroatoms. The summed E-state index contributed by atoms with van der Waals surface area (Å²) < 4.78 is 33.5. The predicted octanol–water partition coefficient (Wildman–Crippen LogP) is 2.18. The minimum absolute atomic E-state index is 0.107. The number of nitrogens with zero attached hydrogens (tertiary/aromatic N) is 2. The second-order valence-corrected chi connectivity index (χ2v) is 4.37. The molecule has 18 heavy (non-hydrogen) atoms. The van der Waals surface area contributed by atoms with Gasteiger partial charge in [0.25, 0.3) is 0 Å². The van der Waals surface area contributed by atoms with Gasteiger partial charge in [-0.2, -0.15) is 0 Å². The van der Waals surface area contributed by atoms with Crippen LogP contribution >= 0.6 is 0 Å². The van der Waals surface area contributed by atoms with Crippen molar-refractivity contribution in [2.75, 3.05) is 19.5 Å². The fourth-order valence-corrected chi connectivity index (χ4v) is 2.01. The maximum atomic E-state index is 13.8. The van der Waals surface area contributed by atoms with Crippen LogP contribution in [0.25, 0.3) is 11.0 Å². The highest BCUT2D eigenvalue weighted by Crippen LogP contribution is 2.24. The largest absolute Gasteiger partial charge is 0.384 e. The molecular formula is C12H15F2N3O. The summed E-state index contributed by atoms with van der Waals surface area (Å²) in [6.07, 6.45) is 0. The monoisotopic (exact) mass is 255 g/mol. The second-order valence-electron chi connectivity index (χ2n) is 4.37. The van der Waals surface area contributed by atoms with Crippen molar-refractivity contribution < 1.29 is 13.5 Å². The van der Waals surface area contributed by atoms with Gasteiger partial charge < -0.3 is 15.0 Å². The van der Waals surface area contributed by atoms with E-state index in [0.29, 0.717) is 18.7 Å². The van der Waals surface area contributed by atoms with Crippen LogP contribution in [0, 0.1) is 17.6 Å². The Kier molecular flexibility index (Phi) is 3.47. The van der Waals surface area contributed by atoms with Gasteiger partial charge in [0, 0.05) is 13.7 Å². The Bertz CT molecular complexity index is 568. The lowest BCUT2D eigenvalue weighted by Crippen LogP contribution is -2.15. The van der Waals surface area contributed by atoms with Gasteiger partial charge in [0.15, 0.2) is 11.6 Å². The van der Waals surface area contributed by atoms with Crippen LogP contribution in [-0.4, -0.2) is 23.3 Å². The zero-order valence-electron chi connectivity index (χ0n) is 10.3. The van der Waals surface area contributed by atoms with E-state index in [1.165, 1.54) is 10.6 Å². The molecule has 0 aliphatic carbocycles. The number of anilines is 1. The molecule has 0 saturated carbocycles. The van der Waals surface area contributed by atoms with Gasteiger partial charge in [-0.15, -0.1) is 0 Å². The van der Waals surface area contributed by atoms with E-state index in [1.54, 1.807) is 7.11 Å². The van der Waals surface area contributed by atoms with E-state index in [2.05, 4.69) is 4.98 Å². The molecule has 1 atom stereocenters. The Morgan fingerprint density at radius 1 is 1.44 bits per heavy atom. The molecule has 2 N–H and O–H groups in total. The number of nitrogens with two attached hydrogens (primary N) is 1. The van der Waals surface area contributed by atoms with Crippen LogP contribution in [0.3, 0.4) is 0 Å². The van der Waals surface area contributed by atoms with Gasteiger partial charge in [-0.1, -0.05) is 6.92 Å². The van der Waals surface area contributed by atoms with E-state index in [1.807, 2.05) is 6.92 Å². The number of ether oxygens (including phenoxy) is 1. The Balaban J connectivity index is 2.49. The molecule has 1 aromatic carbocycles. The number of fused-ring (bicyclic) bond motifs is 1. The normalized spacial score (nSPS) is 13.1. The van der Waals surface area contributed by atoms with Crippen LogP contribution in [0.5, 0.6) is 0 Å². The van der Waals surface area contributed by atoms with Gasteiger partial charge in [-0.05, 0) is 18.1 Å². The van der Waals surface area contributed by atoms with Gasteiger partial charge in [0.1, 0.15) is 5.52 Å². The number of halogens is 2. The molecule has 2 aromatic rings. The summed E-state index contributed by atoms with van der Waals surface area (Å²) in [7, 11) is 1.59. The highest BCUT2D eigenvalue weighted by Gasteiger charge is 2.17. The number of methoxy groups -OCH3 is 1. The third-order valence-electron chi connectivity index (χ3n) is 2.77. The molecule has 0 saturated heterocycles. The first-order valence-corrected chi connectivity index (χ1v) is 5.63. The van der Waals surface area contributed by atoms with Crippen molar-refractivity contribution >= 4 is 17.0 Å². The fraction of sp³-hybridized carbons (Fsp3) is 0.417. The molecule has 0 amide bonds. The average molecular weight is 255 g/mol. The molecule has 1 heterocycles. The minimum atomic E-state index is -0.915. The molecule has 0 aliphatic heterocycles. The van der Waals surface area contributed by atoms with Crippen LogP contribution in [-0.2, 0) is 11.3 Å². The van der Waals surface area contributed by atoms with Crippen molar-refractivity contribution in [2.45, 2.75) is 13.5 Å². The molecule has 98 valence electrons. The van der Waals surface area contributed by atoms with Crippen LogP contribution in [0.2, 0.25) is 0 Å². The van der Waals surface area contributed by atoms with Gasteiger partial charge >= 0.3 is 0 Å². The fourth-order valence-electron chi connectivity index (χ4n) is 2.01. The van der Waals surface area contributed by atoms with Crippen LogP contribution in [0.4, 0.5) is 14.7 Å². The summed E-state index contributed by atoms with van der Waals surface area (Å²) in [4.78, 5) is 4.02. The molecule has 0 radical (unpaired) electrons. The molecule has 2 rings (SSSR count). The van der Waals surface area contributed by atoms with Crippen molar-refractivity contribution in [2.24, 2.45) is 5.92 Å². The highest BCUT2D eigenvalue weighted by atomic mass is 19.2. The Morgan fingerprint density at radius 3 is 2.83 bits per heavy atom. The molecule has 0 fully saturated rings. The summed E-state index contributed by atoms with van der Waals surface area (Å²) in [6.45, 7) is 2.87. The topological polar surface area (TPSA) is 53.1 Å². The average Bonchev–Trinajstić information content (AvgIpc) is 2.62. The second kappa shape index (κ2) is 4.89. The van der Waals surface area contributed by atoms with Crippen LogP contribution in [0.1, 0.15) is 6.92 Å². The predicted molar refractivity (Wildman–Crippen MR) is 65.1 cm³/mol. The number of imidazole rings is 1. The molecule has 0 aliphatic rings. The summed E-state index contributed by atoms with van der Waals surface area (Å²) in [5, 5.41) is 0. The molecule has 0 spiro atoms. The number of benzene rings is 1. The molecule has 1 aromatic heterocycles. The van der Waals surface area contributed by atoms with Crippen LogP contribution < -0.4 is 5.73 Å². The Hall–Kier alpha value is -1.69. The lowest BCUT2D eigenvalue weighted by Gasteiger charge is -2.13. The highest BCUT2D eigenvalue weighted by molar-refractivity contribution is 5.79. The first-order valence-electron chi connectivity index (χ1n) is 5.63. The van der Waals surface area contributed by atoms with Crippen molar-refractivity contribution in [1.29, 1.82) is 0 Å². The van der Waals surface area contributed by atoms with Gasteiger partial charge in [0.05, 0.1) is 12.1 Å². The first-order chi connectivity index (χ1) is 8.54. The van der Waals surface area contributed by atoms with Crippen molar-refractivity contribution in [1.82, 2.24) is 9.55 Å². The standard InChI is InChI=1S/C12H15F2N3O/c1-7(6-18-2)5-17-11-9(16-12(17)15)4-3-8(13)10(11)14/h3-4,7H,5-6H2,1-2H3,(H2,15,16). The summed E-state index contributed by atoms with van der Waals surface area (Å²) >= 11 is 0. The van der Waals surface area contributed by atoms with Gasteiger partial charge in [-0.25, -0.2) is 13.8 Å². The molecule has 0 bridgehead atoms. The molecule has 1 unspecified atom stereocenters. The number of hydrogen-bond acceptors (Lipinski definition) is 3. The molecule has 4 nitrogen and oxygen atoms in total. The number of aromatic nitrogens is 2. The maximum Gasteiger partial charge on any atom is 0.201 e. The van der Waals surface area contributed by atoms with E-state index in [0.717, 1.165) is 6.07 Å². The van der Waals surface area contributed by atoms with E-state index in [-0.39, 0.29) is 17.4 Å². The third-order valence-corrected chi connectivity index (χ3v) is 2.77. The first kappa shape index (κ1) is 12.8. The van der Waals surface area contributed by atoms with Crippen LogP contribution in [0.15, 0.2) is 12.1 Å². The smallest absolute Gasteiger partial charge is 0.201 e. The quantitative estimate of drug-likeness (QED) is 0.911. The Labute approximate surface area is 103 Å². The summed E-state index contributed by atoms with van der Waals surface area (Å²) in [5.41, 5.74) is 6.20. The Morgan fingerprint density at radius 2 is 2.17 bits per heavy atom. The zero-order chi connectivity index (χ0) is 13.3. The SMILES string of the molecule is COCC(C)Cn1c(N)nc2ccc(F)c(F)c21. The van der Waals surface area contributed by atoms with Gasteiger partial charge in [-0.3, -0.25) is 0 Å². The van der Waals surface area contributed by atoms with Crippen molar-refractivity contribution in [3.63, 3.8) is 0 Å². The van der Waals surface area contributed by atoms with E-state index < -0.39 is 11.6 Å². The third kappa shape index (κ3) is 2.15. The lowest BCUT2D eigenvalue weighted by molar-refractivity contribution is 0.152. The molecular weight excluding hydrogens is 240 g/mol. The maximum absolute atomic E-state index is 13.8. The number of nitrogen functional groups attached to an aromatic ring is 1. The van der Waals surface area contributed by atoms with Gasteiger partial charge in [0.2, 0.25) is 5.95 Å². The number of rotatable bonds is 4. The minimum Gasteiger partial charge on any atom is -0.384 e. The van der Waals surface area contributed by atoms with Crippen molar-refractivity contribution in [3.8, 4) is 0 Å². The summed E-state index contributed by atoms with van der Waals surface area (Å²) in [6, 6.07) is 2.47. The van der Waals surface area contributed by atoms with Crippen molar-refractivity contribution in [3.05, 3.63) is 23.8 Å². The zero-order valence-corrected chi connectivity index (χ0v) is 10.3. The number of hydrogen-bond donors (Lipinski definition) is 1.